The molecule has 2 N–H and O–H groups in total. The highest BCUT2D eigenvalue weighted by atomic mass is 16.2. The SMILES string of the molecule is C=C1c2ccccc2C(=O)N1CCC(=O)Nc1cc(NC(=O)C2CC2)ccc1C. The van der Waals surface area contributed by atoms with E-state index in [4.69, 9.17) is 0 Å². The van der Waals surface area contributed by atoms with Crippen LogP contribution in [-0.2, 0) is 9.59 Å². The molecule has 1 saturated carbocycles. The summed E-state index contributed by atoms with van der Waals surface area (Å²) in [6, 6.07) is 12.8. The quantitative estimate of drug-likeness (QED) is 0.789. The fourth-order valence-corrected chi connectivity index (χ4v) is 3.42. The van der Waals surface area contributed by atoms with Crippen LogP contribution < -0.4 is 10.6 Å². The molecule has 0 unspecified atom stereocenters. The molecule has 1 heterocycles. The maximum atomic E-state index is 12.5. The molecule has 0 radical (unpaired) electrons. The zero-order valence-corrected chi connectivity index (χ0v) is 16.3. The number of carbonyl (C=O) groups is 3. The number of nitrogens with zero attached hydrogens (tertiary/aromatic N) is 1. The lowest BCUT2D eigenvalue weighted by Gasteiger charge is -2.17. The molecule has 4 rings (SSSR count). The Bertz CT molecular complexity index is 989. The minimum Gasteiger partial charge on any atom is -0.326 e. The van der Waals surface area contributed by atoms with Crippen molar-refractivity contribution in [3.8, 4) is 0 Å². The lowest BCUT2D eigenvalue weighted by molar-refractivity contribution is -0.117. The molecule has 3 amide bonds. The Balaban J connectivity index is 1.37. The van der Waals surface area contributed by atoms with Crippen molar-refractivity contribution in [2.24, 2.45) is 5.92 Å². The van der Waals surface area contributed by atoms with Crippen LogP contribution in [0.15, 0.2) is 49.0 Å². The van der Waals surface area contributed by atoms with Crippen LogP contribution in [0.25, 0.3) is 5.70 Å². The average Bonchev–Trinajstić information content (AvgIpc) is 3.52. The molecule has 0 spiro atoms. The second kappa shape index (κ2) is 7.54. The molecular formula is C23H23N3O3. The van der Waals surface area contributed by atoms with Gasteiger partial charge in [0.1, 0.15) is 0 Å². The zero-order valence-electron chi connectivity index (χ0n) is 16.3. The predicted octanol–water partition coefficient (Wildman–Crippen LogP) is 3.80. The fraction of sp³-hybridized carbons (Fsp3) is 0.261. The van der Waals surface area contributed by atoms with Gasteiger partial charge in [-0.1, -0.05) is 30.8 Å². The lowest BCUT2D eigenvalue weighted by Crippen LogP contribution is -2.27. The second-order valence-electron chi connectivity index (χ2n) is 7.54. The van der Waals surface area contributed by atoms with Gasteiger partial charge < -0.3 is 15.5 Å². The first-order valence-corrected chi connectivity index (χ1v) is 9.75. The Hall–Kier alpha value is -3.41. The van der Waals surface area contributed by atoms with Crippen molar-refractivity contribution in [2.45, 2.75) is 26.2 Å². The molecule has 29 heavy (non-hydrogen) atoms. The van der Waals surface area contributed by atoms with Crippen molar-refractivity contribution in [1.29, 1.82) is 0 Å². The number of carbonyl (C=O) groups excluding carboxylic acids is 3. The van der Waals surface area contributed by atoms with Crippen molar-refractivity contribution in [1.82, 2.24) is 4.90 Å². The summed E-state index contributed by atoms with van der Waals surface area (Å²) in [7, 11) is 0. The van der Waals surface area contributed by atoms with Crippen molar-refractivity contribution >= 4 is 34.8 Å². The molecule has 1 aliphatic heterocycles. The Kier molecular flexibility index (Phi) is 4.92. The van der Waals surface area contributed by atoms with Gasteiger partial charge in [0.2, 0.25) is 11.8 Å². The minimum atomic E-state index is -0.199. The van der Waals surface area contributed by atoms with Crippen LogP contribution in [0.5, 0.6) is 0 Å². The third-order valence-corrected chi connectivity index (χ3v) is 5.33. The van der Waals surface area contributed by atoms with Crippen LogP contribution >= 0.6 is 0 Å². The van der Waals surface area contributed by atoms with E-state index in [9.17, 15) is 14.4 Å². The average molecular weight is 389 g/mol. The van der Waals surface area contributed by atoms with Gasteiger partial charge in [0.25, 0.3) is 5.91 Å². The van der Waals surface area contributed by atoms with Crippen molar-refractivity contribution in [3.05, 3.63) is 65.7 Å². The molecule has 0 saturated heterocycles. The summed E-state index contributed by atoms with van der Waals surface area (Å²) < 4.78 is 0. The first-order valence-electron chi connectivity index (χ1n) is 9.75. The van der Waals surface area contributed by atoms with Gasteiger partial charge in [0, 0.05) is 47.1 Å². The van der Waals surface area contributed by atoms with E-state index in [-0.39, 0.29) is 36.6 Å². The summed E-state index contributed by atoms with van der Waals surface area (Å²) in [5.74, 6) is -0.184. The molecular weight excluding hydrogens is 366 g/mol. The molecule has 2 aliphatic rings. The van der Waals surface area contributed by atoms with E-state index in [1.807, 2.05) is 37.3 Å². The van der Waals surface area contributed by atoms with E-state index in [0.717, 1.165) is 24.0 Å². The molecule has 1 aliphatic carbocycles. The van der Waals surface area contributed by atoms with Gasteiger partial charge in [-0.05, 0) is 43.5 Å². The van der Waals surface area contributed by atoms with E-state index in [1.54, 1.807) is 17.0 Å². The topological polar surface area (TPSA) is 78.5 Å². The molecule has 0 aromatic heterocycles. The maximum Gasteiger partial charge on any atom is 0.258 e. The fourth-order valence-electron chi connectivity index (χ4n) is 3.42. The third-order valence-electron chi connectivity index (χ3n) is 5.33. The molecule has 2 aromatic rings. The first kappa shape index (κ1) is 18.9. The van der Waals surface area contributed by atoms with E-state index in [0.29, 0.717) is 22.6 Å². The molecule has 0 bridgehead atoms. The van der Waals surface area contributed by atoms with Crippen molar-refractivity contribution < 1.29 is 14.4 Å². The lowest BCUT2D eigenvalue weighted by atomic mass is 10.1. The molecule has 148 valence electrons. The summed E-state index contributed by atoms with van der Waals surface area (Å²) in [4.78, 5) is 38.5. The smallest absolute Gasteiger partial charge is 0.258 e. The van der Waals surface area contributed by atoms with E-state index in [1.165, 1.54) is 0 Å². The Morgan fingerprint density at radius 2 is 1.83 bits per heavy atom. The largest absolute Gasteiger partial charge is 0.326 e. The number of amides is 3. The monoisotopic (exact) mass is 389 g/mol. The van der Waals surface area contributed by atoms with Gasteiger partial charge in [-0.2, -0.15) is 0 Å². The Morgan fingerprint density at radius 3 is 2.52 bits per heavy atom. The number of nitrogens with one attached hydrogen (secondary N) is 2. The van der Waals surface area contributed by atoms with Crippen LogP contribution in [0, 0.1) is 12.8 Å². The number of rotatable bonds is 6. The van der Waals surface area contributed by atoms with Crippen LogP contribution in [0.3, 0.4) is 0 Å². The molecule has 1 fully saturated rings. The number of benzene rings is 2. The molecule has 6 heteroatoms. The van der Waals surface area contributed by atoms with Crippen LogP contribution in [0.2, 0.25) is 0 Å². The predicted molar refractivity (Wildman–Crippen MR) is 112 cm³/mol. The normalized spacial score (nSPS) is 15.3. The number of hydrogen-bond donors (Lipinski definition) is 2. The number of aryl methyl sites for hydroxylation is 1. The summed E-state index contributed by atoms with van der Waals surface area (Å²) >= 11 is 0. The van der Waals surface area contributed by atoms with Gasteiger partial charge >= 0.3 is 0 Å². The highest BCUT2D eigenvalue weighted by molar-refractivity contribution is 6.09. The minimum absolute atomic E-state index is 0.0248. The second-order valence-corrected chi connectivity index (χ2v) is 7.54. The van der Waals surface area contributed by atoms with Crippen molar-refractivity contribution in [2.75, 3.05) is 17.2 Å². The summed E-state index contributed by atoms with van der Waals surface area (Å²) in [5, 5.41) is 5.77. The highest BCUT2D eigenvalue weighted by Crippen LogP contribution is 2.32. The summed E-state index contributed by atoms with van der Waals surface area (Å²) in [5.41, 5.74) is 4.27. The van der Waals surface area contributed by atoms with Gasteiger partial charge in [0.05, 0.1) is 0 Å². The van der Waals surface area contributed by atoms with Crippen LogP contribution in [0.4, 0.5) is 11.4 Å². The highest BCUT2D eigenvalue weighted by Gasteiger charge is 2.31. The van der Waals surface area contributed by atoms with Crippen molar-refractivity contribution in [3.63, 3.8) is 0 Å². The summed E-state index contributed by atoms with van der Waals surface area (Å²) in [6.45, 7) is 6.15. The van der Waals surface area contributed by atoms with Crippen LogP contribution in [0.1, 0.15) is 40.7 Å². The van der Waals surface area contributed by atoms with Gasteiger partial charge in [-0.15, -0.1) is 0 Å². The summed E-state index contributed by atoms with van der Waals surface area (Å²) in [6.07, 6.45) is 2.02. The zero-order chi connectivity index (χ0) is 20.5. The first-order chi connectivity index (χ1) is 13.9. The van der Waals surface area contributed by atoms with Gasteiger partial charge in [-0.3, -0.25) is 14.4 Å². The molecule has 0 atom stereocenters. The molecule has 6 nitrogen and oxygen atoms in total. The van der Waals surface area contributed by atoms with Gasteiger partial charge in [0.15, 0.2) is 0 Å². The Morgan fingerprint density at radius 1 is 1.10 bits per heavy atom. The maximum absolute atomic E-state index is 12.5. The number of anilines is 2. The number of fused-ring (bicyclic) bond motifs is 1. The van der Waals surface area contributed by atoms with E-state index in [2.05, 4.69) is 17.2 Å². The van der Waals surface area contributed by atoms with Gasteiger partial charge in [-0.25, -0.2) is 0 Å². The van der Waals surface area contributed by atoms with E-state index < -0.39 is 0 Å². The van der Waals surface area contributed by atoms with Crippen LogP contribution in [-0.4, -0.2) is 29.2 Å². The third kappa shape index (κ3) is 3.92. The standard InChI is InChI=1S/C23H23N3O3/c1-14-7-10-17(24-22(28)16-8-9-16)13-20(14)25-21(27)11-12-26-15(2)18-5-3-4-6-19(18)23(26)29/h3-7,10,13,16H,2,8-9,11-12H2,1H3,(H,24,28)(H,25,27). The number of hydrogen-bond acceptors (Lipinski definition) is 3. The molecule has 2 aromatic carbocycles. The Labute approximate surface area is 169 Å². The van der Waals surface area contributed by atoms with E-state index >= 15 is 0 Å².